The SMILES string of the molecule is CCCCCCc1ccc(/C=C(\C)C(=O)c2c(O)cc(C(C)CCC=CNC(=O)O)oc2=O)cn1. The van der Waals surface area contributed by atoms with Gasteiger partial charge in [0.15, 0.2) is 5.78 Å². The number of Topliss-reactive ketones (excluding diaryl/α,β-unsaturated/α-hetero) is 1. The maximum atomic E-state index is 12.9. The highest BCUT2D eigenvalue weighted by molar-refractivity contribution is 6.12. The number of nitrogens with zero attached hydrogens (tertiary/aromatic N) is 1. The lowest BCUT2D eigenvalue weighted by molar-refractivity contribution is 0.102. The van der Waals surface area contributed by atoms with Gasteiger partial charge in [0.25, 0.3) is 0 Å². The van der Waals surface area contributed by atoms with Crippen molar-refractivity contribution in [3.63, 3.8) is 0 Å². The second-order valence-corrected chi connectivity index (χ2v) is 8.58. The summed E-state index contributed by atoms with van der Waals surface area (Å²) < 4.78 is 5.33. The molecule has 0 saturated heterocycles. The second-order valence-electron chi connectivity index (χ2n) is 8.58. The van der Waals surface area contributed by atoms with Crippen molar-refractivity contribution in [1.82, 2.24) is 10.3 Å². The molecule has 0 aliphatic heterocycles. The average Bonchev–Trinajstić information content (AvgIpc) is 2.81. The molecule has 0 radical (unpaired) electrons. The normalized spacial score (nSPS) is 12.6. The fourth-order valence-corrected chi connectivity index (χ4v) is 3.57. The molecule has 0 fully saturated rings. The Hall–Kier alpha value is -3.68. The van der Waals surface area contributed by atoms with Gasteiger partial charge in [0, 0.05) is 30.1 Å². The molecule has 0 saturated carbocycles. The number of allylic oxidation sites excluding steroid dienone is 2. The molecule has 0 bridgehead atoms. The fraction of sp³-hybridized carbons (Fsp3) is 0.407. The number of nitrogens with one attached hydrogen (secondary N) is 1. The molecule has 0 aliphatic rings. The van der Waals surface area contributed by atoms with Crippen LogP contribution < -0.4 is 10.9 Å². The molecule has 8 nitrogen and oxygen atoms in total. The number of carboxylic acid groups (broad SMARTS) is 1. The minimum Gasteiger partial charge on any atom is -0.507 e. The smallest absolute Gasteiger partial charge is 0.408 e. The van der Waals surface area contributed by atoms with Gasteiger partial charge in [-0.15, -0.1) is 0 Å². The third kappa shape index (κ3) is 8.88. The van der Waals surface area contributed by atoms with Crippen LogP contribution in [0.3, 0.4) is 0 Å². The first-order chi connectivity index (χ1) is 16.7. The van der Waals surface area contributed by atoms with Crippen molar-refractivity contribution < 1.29 is 24.2 Å². The quantitative estimate of drug-likeness (QED) is 0.186. The Labute approximate surface area is 205 Å². The summed E-state index contributed by atoms with van der Waals surface area (Å²) in [5.74, 6) is -1.01. The minimum absolute atomic E-state index is 0.226. The Morgan fingerprint density at radius 2 is 2.00 bits per heavy atom. The van der Waals surface area contributed by atoms with Crippen molar-refractivity contribution in [2.45, 2.75) is 71.6 Å². The maximum Gasteiger partial charge on any atom is 0.408 e. The summed E-state index contributed by atoms with van der Waals surface area (Å²) in [6, 6.07) is 5.11. The number of unbranched alkanes of at least 4 members (excludes halogenated alkanes) is 3. The van der Waals surface area contributed by atoms with E-state index >= 15 is 0 Å². The van der Waals surface area contributed by atoms with E-state index in [1.165, 1.54) is 31.5 Å². The molecule has 0 aromatic carbocycles. The molecule has 1 amide bonds. The van der Waals surface area contributed by atoms with E-state index in [0.717, 1.165) is 24.1 Å². The maximum absolute atomic E-state index is 12.9. The van der Waals surface area contributed by atoms with Gasteiger partial charge >= 0.3 is 11.7 Å². The summed E-state index contributed by atoms with van der Waals surface area (Å²) in [6.45, 7) is 5.56. The van der Waals surface area contributed by atoms with Crippen molar-refractivity contribution in [3.05, 3.63) is 75.2 Å². The molecule has 1 atom stereocenters. The number of pyridine rings is 1. The number of hydrogen-bond donors (Lipinski definition) is 3. The van der Waals surface area contributed by atoms with Crippen molar-refractivity contribution >= 4 is 18.0 Å². The topological polar surface area (TPSA) is 130 Å². The van der Waals surface area contributed by atoms with Gasteiger partial charge in [-0.3, -0.25) is 15.1 Å². The van der Waals surface area contributed by atoms with Gasteiger partial charge < -0.3 is 14.6 Å². The van der Waals surface area contributed by atoms with E-state index in [0.29, 0.717) is 12.8 Å². The molecule has 3 N–H and O–H groups in total. The molecule has 0 aliphatic carbocycles. The zero-order chi connectivity index (χ0) is 25.8. The summed E-state index contributed by atoms with van der Waals surface area (Å²) in [4.78, 5) is 40.3. The van der Waals surface area contributed by atoms with E-state index in [4.69, 9.17) is 9.52 Å². The Morgan fingerprint density at radius 1 is 1.23 bits per heavy atom. The molecule has 2 aromatic heterocycles. The van der Waals surface area contributed by atoms with E-state index in [1.807, 2.05) is 19.1 Å². The van der Waals surface area contributed by atoms with Crippen LogP contribution in [0.5, 0.6) is 5.75 Å². The van der Waals surface area contributed by atoms with Gasteiger partial charge in [0.1, 0.15) is 17.1 Å². The highest BCUT2D eigenvalue weighted by Crippen LogP contribution is 2.26. The summed E-state index contributed by atoms with van der Waals surface area (Å²) in [5.41, 5.74) is 0.711. The van der Waals surface area contributed by atoms with E-state index < -0.39 is 28.8 Å². The molecule has 8 heteroatoms. The van der Waals surface area contributed by atoms with Crippen LogP contribution in [0, 0.1) is 0 Å². The number of aromatic hydroxyl groups is 1. The standard InChI is InChI=1S/C27H34N2O6/c1-4-5-6-7-11-21-13-12-20(17-29-21)15-19(3)25(31)24-22(30)16-23(35-26(24)32)18(2)10-8-9-14-28-27(33)34/h9,12-18,28,30H,4-8,10-11H2,1-3H3,(H,33,34)/b14-9?,19-15+. The van der Waals surface area contributed by atoms with Crippen LogP contribution in [-0.4, -0.2) is 27.1 Å². The van der Waals surface area contributed by atoms with Gasteiger partial charge in [-0.2, -0.15) is 0 Å². The third-order valence-electron chi connectivity index (χ3n) is 5.63. The monoisotopic (exact) mass is 482 g/mol. The van der Waals surface area contributed by atoms with Gasteiger partial charge in [0.05, 0.1) is 0 Å². The van der Waals surface area contributed by atoms with Crippen LogP contribution in [0.15, 0.2) is 51.5 Å². The molecule has 188 valence electrons. The molecule has 2 heterocycles. The first kappa shape index (κ1) is 27.6. The number of carbonyl (C=O) groups excluding carboxylic acids is 1. The fourth-order valence-electron chi connectivity index (χ4n) is 3.57. The van der Waals surface area contributed by atoms with Crippen LogP contribution in [0.25, 0.3) is 6.08 Å². The highest BCUT2D eigenvalue weighted by atomic mass is 16.4. The summed E-state index contributed by atoms with van der Waals surface area (Å²) >= 11 is 0. The Balaban J connectivity index is 2.07. The number of aryl methyl sites for hydroxylation is 1. The largest absolute Gasteiger partial charge is 0.507 e. The molecule has 2 rings (SSSR count). The van der Waals surface area contributed by atoms with Gasteiger partial charge in [0.2, 0.25) is 0 Å². The lowest BCUT2D eigenvalue weighted by atomic mass is 9.99. The van der Waals surface area contributed by atoms with Crippen molar-refractivity contribution in [2.24, 2.45) is 0 Å². The Bertz CT molecular complexity index is 1120. The number of carbonyl (C=O) groups is 2. The minimum atomic E-state index is -1.15. The van der Waals surface area contributed by atoms with E-state index in [9.17, 15) is 19.5 Å². The van der Waals surface area contributed by atoms with Crippen molar-refractivity contribution in [2.75, 3.05) is 0 Å². The van der Waals surface area contributed by atoms with Crippen molar-refractivity contribution in [1.29, 1.82) is 0 Å². The van der Waals surface area contributed by atoms with Crippen molar-refractivity contribution in [3.8, 4) is 5.75 Å². The Morgan fingerprint density at radius 3 is 2.63 bits per heavy atom. The molecule has 1 unspecified atom stereocenters. The zero-order valence-corrected chi connectivity index (χ0v) is 20.5. The second kappa shape index (κ2) is 13.9. The predicted molar refractivity (Wildman–Crippen MR) is 135 cm³/mol. The first-order valence-electron chi connectivity index (χ1n) is 11.9. The Kier molecular flexibility index (Phi) is 10.9. The summed E-state index contributed by atoms with van der Waals surface area (Å²) in [7, 11) is 0. The van der Waals surface area contributed by atoms with Crippen LogP contribution in [0.4, 0.5) is 4.79 Å². The molecular weight excluding hydrogens is 448 g/mol. The summed E-state index contributed by atoms with van der Waals surface area (Å²) in [5, 5.41) is 21.1. The first-order valence-corrected chi connectivity index (χ1v) is 11.9. The van der Waals surface area contributed by atoms with Crippen LogP contribution in [-0.2, 0) is 6.42 Å². The number of hydrogen-bond acceptors (Lipinski definition) is 6. The van der Waals surface area contributed by atoms with Gasteiger partial charge in [-0.25, -0.2) is 9.59 Å². The average molecular weight is 483 g/mol. The van der Waals surface area contributed by atoms with E-state index in [-0.39, 0.29) is 17.3 Å². The highest BCUT2D eigenvalue weighted by Gasteiger charge is 2.22. The third-order valence-corrected chi connectivity index (χ3v) is 5.63. The molecule has 35 heavy (non-hydrogen) atoms. The lowest BCUT2D eigenvalue weighted by Crippen LogP contribution is -2.16. The van der Waals surface area contributed by atoms with E-state index in [1.54, 1.807) is 25.3 Å². The van der Waals surface area contributed by atoms with Crippen LogP contribution in [0.1, 0.15) is 92.6 Å². The van der Waals surface area contributed by atoms with E-state index in [2.05, 4.69) is 17.2 Å². The number of amides is 1. The lowest BCUT2D eigenvalue weighted by Gasteiger charge is -2.11. The molecule has 0 spiro atoms. The number of ketones is 1. The summed E-state index contributed by atoms with van der Waals surface area (Å²) in [6.07, 6.45) is 11.8. The van der Waals surface area contributed by atoms with Gasteiger partial charge in [-0.1, -0.05) is 45.3 Å². The number of rotatable bonds is 13. The van der Waals surface area contributed by atoms with Gasteiger partial charge in [-0.05, 0) is 55.9 Å². The predicted octanol–water partition coefficient (Wildman–Crippen LogP) is 5.81. The molecule has 2 aromatic rings. The van der Waals surface area contributed by atoms with Crippen LogP contribution in [0.2, 0.25) is 0 Å². The van der Waals surface area contributed by atoms with Crippen LogP contribution >= 0.6 is 0 Å². The number of aromatic nitrogens is 1. The molecular formula is C27H34N2O6. The zero-order valence-electron chi connectivity index (χ0n) is 20.5.